The zero-order valence-electron chi connectivity index (χ0n) is 17.9. The van der Waals surface area contributed by atoms with Gasteiger partial charge in [0.15, 0.2) is 0 Å². The van der Waals surface area contributed by atoms with Crippen molar-refractivity contribution in [3.8, 4) is 5.75 Å². The first-order valence-electron chi connectivity index (χ1n) is 11.1. The highest BCUT2D eigenvalue weighted by molar-refractivity contribution is 5.73. The number of carbonyl (C=O) groups is 1. The van der Waals surface area contributed by atoms with Gasteiger partial charge in [0.05, 0.1) is 6.61 Å². The molecule has 0 radical (unpaired) electrons. The summed E-state index contributed by atoms with van der Waals surface area (Å²) in [6.07, 6.45) is 4.23. The second-order valence-corrected chi connectivity index (χ2v) is 8.58. The number of likely N-dealkylation sites (tertiary alicyclic amines) is 1. The van der Waals surface area contributed by atoms with E-state index in [4.69, 9.17) is 9.47 Å². The average molecular weight is 409 g/mol. The maximum Gasteiger partial charge on any atom is 0.412 e. The lowest BCUT2D eigenvalue weighted by Crippen LogP contribution is -2.42. The molecule has 2 heterocycles. The zero-order valence-corrected chi connectivity index (χ0v) is 17.9. The third kappa shape index (κ3) is 5.21. The predicted octanol–water partition coefficient (Wildman–Crippen LogP) is 4.54. The summed E-state index contributed by atoms with van der Waals surface area (Å²) in [5.74, 6) is 0.696. The van der Waals surface area contributed by atoms with Crippen LogP contribution in [0.5, 0.6) is 5.75 Å². The quantitative estimate of drug-likeness (QED) is 0.697. The molecule has 2 aliphatic rings. The molecule has 1 N–H and O–H groups in total. The fourth-order valence-corrected chi connectivity index (χ4v) is 4.52. The van der Waals surface area contributed by atoms with E-state index < -0.39 is 0 Å². The summed E-state index contributed by atoms with van der Waals surface area (Å²) in [6.45, 7) is 7.28. The molecule has 2 aromatic carbocycles. The Kier molecular flexibility index (Phi) is 6.70. The molecule has 1 fully saturated rings. The van der Waals surface area contributed by atoms with Crippen LogP contribution in [0.3, 0.4) is 0 Å². The van der Waals surface area contributed by atoms with E-state index in [0.29, 0.717) is 12.3 Å². The molecule has 1 saturated heterocycles. The first-order chi connectivity index (χ1) is 14.7. The molecule has 0 atom stereocenters. The first kappa shape index (κ1) is 20.9. The molecule has 0 aliphatic carbocycles. The molecule has 4 rings (SSSR count). The number of nitrogens with zero attached hydrogens (tertiary/aromatic N) is 1. The van der Waals surface area contributed by atoms with Crippen LogP contribution >= 0.6 is 0 Å². The van der Waals surface area contributed by atoms with Gasteiger partial charge in [0.2, 0.25) is 0 Å². The largest absolute Gasteiger partial charge is 0.412 e. The minimum Gasteiger partial charge on any atom is -0.410 e. The van der Waals surface area contributed by atoms with Crippen LogP contribution in [0.2, 0.25) is 0 Å². The highest BCUT2D eigenvalue weighted by atomic mass is 16.6. The number of hydrogen-bond donors (Lipinski definition) is 1. The summed E-state index contributed by atoms with van der Waals surface area (Å²) >= 11 is 0. The van der Waals surface area contributed by atoms with Crippen LogP contribution in [0.4, 0.5) is 4.79 Å². The number of piperidine rings is 1. The van der Waals surface area contributed by atoms with E-state index in [-0.39, 0.29) is 11.5 Å². The summed E-state index contributed by atoms with van der Waals surface area (Å²) in [5.41, 5.74) is 3.91. The summed E-state index contributed by atoms with van der Waals surface area (Å²) in [7, 11) is 0. The maximum atomic E-state index is 11.5. The molecule has 2 aliphatic heterocycles. The van der Waals surface area contributed by atoms with Gasteiger partial charge in [0.1, 0.15) is 5.75 Å². The summed E-state index contributed by atoms with van der Waals surface area (Å²) in [6, 6.07) is 17.0. The fourth-order valence-electron chi connectivity index (χ4n) is 4.52. The monoisotopic (exact) mass is 408 g/mol. The van der Waals surface area contributed by atoms with Crippen molar-refractivity contribution in [1.29, 1.82) is 0 Å². The lowest BCUT2D eigenvalue weighted by molar-refractivity contribution is -0.00233. The van der Waals surface area contributed by atoms with Gasteiger partial charge in [0, 0.05) is 25.3 Å². The van der Waals surface area contributed by atoms with E-state index >= 15 is 0 Å². The number of ether oxygens (including phenoxy) is 2. The normalized spacial score (nSPS) is 18.4. The van der Waals surface area contributed by atoms with Gasteiger partial charge in [-0.2, -0.15) is 0 Å². The number of amides is 1. The molecule has 2 aromatic rings. The Labute approximate surface area is 179 Å². The number of nitrogens with one attached hydrogen (secondary N) is 1. The molecule has 5 heteroatoms. The van der Waals surface area contributed by atoms with Crippen LogP contribution in [-0.2, 0) is 24.2 Å². The molecular formula is C25H32N2O3. The SMILES string of the molecule is CCOCC1(CCc2ccccc2)CCN(Cc2ccc3c(c2)OC(=O)NC3)CC1. The van der Waals surface area contributed by atoms with Crippen LogP contribution in [0, 0.1) is 5.41 Å². The second kappa shape index (κ2) is 9.63. The number of aryl methyl sites for hydroxylation is 1. The number of benzene rings is 2. The lowest BCUT2D eigenvalue weighted by atomic mass is 9.74. The van der Waals surface area contributed by atoms with E-state index in [1.54, 1.807) is 0 Å². The minimum absolute atomic E-state index is 0.263. The molecule has 0 bridgehead atoms. The third-order valence-corrected chi connectivity index (χ3v) is 6.48. The Hall–Kier alpha value is -2.37. The molecule has 30 heavy (non-hydrogen) atoms. The van der Waals surface area contributed by atoms with Gasteiger partial charge in [-0.25, -0.2) is 4.79 Å². The van der Waals surface area contributed by atoms with Crippen molar-refractivity contribution in [2.75, 3.05) is 26.3 Å². The van der Waals surface area contributed by atoms with Crippen molar-refractivity contribution >= 4 is 6.09 Å². The van der Waals surface area contributed by atoms with Crippen LogP contribution in [0.25, 0.3) is 0 Å². The number of hydrogen-bond acceptors (Lipinski definition) is 4. The van der Waals surface area contributed by atoms with Gasteiger partial charge >= 0.3 is 6.09 Å². The average Bonchev–Trinajstić information content (AvgIpc) is 2.78. The first-order valence-corrected chi connectivity index (χ1v) is 11.1. The Morgan fingerprint density at radius 2 is 1.90 bits per heavy atom. The van der Waals surface area contributed by atoms with Crippen LogP contribution in [-0.4, -0.2) is 37.3 Å². The molecular weight excluding hydrogens is 376 g/mol. The van der Waals surface area contributed by atoms with Crippen LogP contribution < -0.4 is 10.1 Å². The molecule has 0 unspecified atom stereocenters. The smallest absolute Gasteiger partial charge is 0.410 e. The van der Waals surface area contributed by atoms with Crippen molar-refractivity contribution < 1.29 is 14.3 Å². The Morgan fingerprint density at radius 1 is 1.10 bits per heavy atom. The van der Waals surface area contributed by atoms with E-state index in [9.17, 15) is 4.79 Å². The van der Waals surface area contributed by atoms with Crippen molar-refractivity contribution in [3.63, 3.8) is 0 Å². The predicted molar refractivity (Wildman–Crippen MR) is 118 cm³/mol. The Balaban J connectivity index is 1.35. The fraction of sp³-hybridized carbons (Fsp3) is 0.480. The highest BCUT2D eigenvalue weighted by Gasteiger charge is 2.34. The maximum absolute atomic E-state index is 11.5. The number of fused-ring (bicyclic) bond motifs is 1. The summed E-state index contributed by atoms with van der Waals surface area (Å²) in [4.78, 5) is 14.0. The lowest BCUT2D eigenvalue weighted by Gasteiger charge is -2.42. The van der Waals surface area contributed by atoms with Crippen molar-refractivity contribution in [1.82, 2.24) is 10.2 Å². The molecule has 1 amide bonds. The zero-order chi connectivity index (χ0) is 20.8. The van der Waals surface area contributed by atoms with Gasteiger partial charge in [-0.05, 0) is 68.3 Å². The Morgan fingerprint density at radius 3 is 2.67 bits per heavy atom. The van der Waals surface area contributed by atoms with Gasteiger partial charge in [-0.3, -0.25) is 4.90 Å². The third-order valence-electron chi connectivity index (χ3n) is 6.48. The minimum atomic E-state index is -0.364. The van der Waals surface area contributed by atoms with E-state index in [0.717, 1.165) is 57.7 Å². The highest BCUT2D eigenvalue weighted by Crippen LogP contribution is 2.37. The van der Waals surface area contributed by atoms with Crippen LogP contribution in [0.1, 0.15) is 42.9 Å². The number of rotatable bonds is 8. The standard InChI is InChI=1S/C25H32N2O3/c1-2-29-19-25(11-10-20-6-4-3-5-7-20)12-14-27(15-13-25)18-21-8-9-22-17-26-24(28)30-23(22)16-21/h3-9,16H,2,10-15,17-19H2,1H3,(H,26,28). The van der Waals surface area contributed by atoms with Crippen molar-refractivity contribution in [2.45, 2.75) is 45.7 Å². The van der Waals surface area contributed by atoms with Gasteiger partial charge < -0.3 is 14.8 Å². The van der Waals surface area contributed by atoms with Crippen molar-refractivity contribution in [2.24, 2.45) is 5.41 Å². The molecule has 0 aromatic heterocycles. The van der Waals surface area contributed by atoms with Gasteiger partial charge in [-0.1, -0.05) is 42.5 Å². The summed E-state index contributed by atoms with van der Waals surface area (Å²) in [5, 5.41) is 2.71. The molecule has 0 saturated carbocycles. The molecule has 0 spiro atoms. The van der Waals surface area contributed by atoms with Crippen LogP contribution in [0.15, 0.2) is 48.5 Å². The van der Waals surface area contributed by atoms with Crippen molar-refractivity contribution in [3.05, 3.63) is 65.2 Å². The number of carbonyl (C=O) groups excluding carboxylic acids is 1. The molecule has 160 valence electrons. The Bertz CT molecular complexity index is 845. The van der Waals surface area contributed by atoms with E-state index in [2.05, 4.69) is 59.6 Å². The van der Waals surface area contributed by atoms with Gasteiger partial charge in [0.25, 0.3) is 0 Å². The van der Waals surface area contributed by atoms with Gasteiger partial charge in [-0.15, -0.1) is 0 Å². The summed E-state index contributed by atoms with van der Waals surface area (Å²) < 4.78 is 11.2. The van der Waals surface area contributed by atoms with E-state index in [1.807, 2.05) is 6.07 Å². The second-order valence-electron chi connectivity index (χ2n) is 8.58. The topological polar surface area (TPSA) is 50.8 Å². The van der Waals surface area contributed by atoms with E-state index in [1.165, 1.54) is 17.5 Å². The molecule has 5 nitrogen and oxygen atoms in total.